The molecule has 0 radical (unpaired) electrons. The van der Waals surface area contributed by atoms with Crippen molar-refractivity contribution >= 4 is 15.9 Å². The van der Waals surface area contributed by atoms with Gasteiger partial charge in [-0.3, -0.25) is 19.9 Å². The fraction of sp³-hybridized carbons (Fsp3) is 0. The van der Waals surface area contributed by atoms with E-state index in [4.69, 9.17) is 0 Å². The van der Waals surface area contributed by atoms with Crippen molar-refractivity contribution in [3.8, 4) is 50.6 Å². The first kappa shape index (κ1) is 20.7. The van der Waals surface area contributed by atoms with Gasteiger partial charge in [0.15, 0.2) is 0 Å². The van der Waals surface area contributed by atoms with Gasteiger partial charge in [-0.25, -0.2) is 0 Å². The maximum atomic E-state index is 10.5. The fourth-order valence-corrected chi connectivity index (χ4v) is 4.85. The van der Waals surface area contributed by atoms with E-state index in [1.54, 1.807) is 49.6 Å². The van der Waals surface area contributed by atoms with Crippen LogP contribution in [0.5, 0.6) is 0 Å². The van der Waals surface area contributed by atoms with Gasteiger partial charge in [-0.2, -0.15) is 5.26 Å². The zero-order valence-corrected chi connectivity index (χ0v) is 18.9. The first-order valence-corrected chi connectivity index (χ1v) is 11.0. The standard InChI is InChI=1S/C27H16BrN5/c28-27-25(20-7-3-11-32-16-20)23(18-5-1-9-30-14-18)22(13-29)24(19-6-2-10-31-15-19)26(27)21-8-4-12-33-17-21/h1-12,14-17H. The Labute approximate surface area is 199 Å². The van der Waals surface area contributed by atoms with Gasteiger partial charge < -0.3 is 0 Å². The zero-order valence-electron chi connectivity index (χ0n) is 17.4. The lowest BCUT2D eigenvalue weighted by molar-refractivity contribution is 1.30. The second kappa shape index (κ2) is 9.11. The first-order valence-electron chi connectivity index (χ1n) is 10.2. The average Bonchev–Trinajstić information content (AvgIpc) is 2.90. The minimum atomic E-state index is 0.539. The Kier molecular flexibility index (Phi) is 5.71. The number of hydrogen-bond donors (Lipinski definition) is 0. The monoisotopic (exact) mass is 489 g/mol. The zero-order chi connectivity index (χ0) is 22.6. The summed E-state index contributed by atoms with van der Waals surface area (Å²) in [6.45, 7) is 0. The molecule has 156 valence electrons. The lowest BCUT2D eigenvalue weighted by atomic mass is 9.82. The van der Waals surface area contributed by atoms with Crippen LogP contribution >= 0.6 is 15.9 Å². The van der Waals surface area contributed by atoms with Crippen molar-refractivity contribution in [1.82, 2.24) is 19.9 Å². The molecule has 5 aromatic rings. The Morgan fingerprint density at radius 1 is 0.545 bits per heavy atom. The molecule has 0 atom stereocenters. The van der Waals surface area contributed by atoms with Gasteiger partial charge in [-0.1, -0.05) is 24.3 Å². The molecule has 0 saturated carbocycles. The molecule has 0 fully saturated rings. The lowest BCUT2D eigenvalue weighted by Gasteiger charge is -2.22. The van der Waals surface area contributed by atoms with Crippen LogP contribution in [0.3, 0.4) is 0 Å². The quantitative estimate of drug-likeness (QED) is 0.285. The Morgan fingerprint density at radius 3 is 1.15 bits per heavy atom. The van der Waals surface area contributed by atoms with E-state index in [0.717, 1.165) is 49.0 Å². The molecule has 1 aromatic carbocycles. The van der Waals surface area contributed by atoms with E-state index in [0.29, 0.717) is 5.56 Å². The predicted molar refractivity (Wildman–Crippen MR) is 132 cm³/mol. The number of pyridine rings is 4. The van der Waals surface area contributed by atoms with Crippen molar-refractivity contribution in [2.75, 3.05) is 0 Å². The third-order valence-corrected chi connectivity index (χ3v) is 6.14. The molecule has 4 heterocycles. The molecule has 5 rings (SSSR count). The van der Waals surface area contributed by atoms with E-state index >= 15 is 0 Å². The molecule has 0 amide bonds. The summed E-state index contributed by atoms with van der Waals surface area (Å²) in [5.74, 6) is 0. The van der Waals surface area contributed by atoms with E-state index < -0.39 is 0 Å². The summed E-state index contributed by atoms with van der Waals surface area (Å²) in [5.41, 5.74) is 7.34. The van der Waals surface area contributed by atoms with E-state index in [1.165, 1.54) is 0 Å². The van der Waals surface area contributed by atoms with Crippen molar-refractivity contribution in [2.45, 2.75) is 0 Å². The molecule has 0 spiro atoms. The molecular weight excluding hydrogens is 474 g/mol. The maximum absolute atomic E-state index is 10.5. The molecule has 0 saturated heterocycles. The van der Waals surface area contributed by atoms with E-state index in [2.05, 4.69) is 41.9 Å². The van der Waals surface area contributed by atoms with E-state index in [9.17, 15) is 5.26 Å². The highest BCUT2D eigenvalue weighted by molar-refractivity contribution is 9.10. The largest absolute Gasteiger partial charge is 0.264 e. The van der Waals surface area contributed by atoms with Crippen LogP contribution in [0.1, 0.15) is 5.56 Å². The van der Waals surface area contributed by atoms with Gasteiger partial charge in [0.25, 0.3) is 0 Å². The topological polar surface area (TPSA) is 75.3 Å². The molecule has 5 nitrogen and oxygen atoms in total. The Morgan fingerprint density at radius 2 is 0.879 bits per heavy atom. The second-order valence-electron chi connectivity index (χ2n) is 7.27. The number of hydrogen-bond acceptors (Lipinski definition) is 5. The normalized spacial score (nSPS) is 10.5. The third-order valence-electron chi connectivity index (χ3n) is 5.35. The fourth-order valence-electron chi connectivity index (χ4n) is 3.99. The summed E-state index contributed by atoms with van der Waals surface area (Å²) in [6, 6.07) is 17.9. The van der Waals surface area contributed by atoms with Crippen LogP contribution in [0.2, 0.25) is 0 Å². The van der Waals surface area contributed by atoms with Crippen LogP contribution in [0, 0.1) is 11.3 Å². The maximum Gasteiger partial charge on any atom is 0.100 e. The summed E-state index contributed by atoms with van der Waals surface area (Å²) in [5, 5.41) is 10.5. The summed E-state index contributed by atoms with van der Waals surface area (Å²) >= 11 is 3.91. The Balaban J connectivity index is 2.01. The highest BCUT2D eigenvalue weighted by Gasteiger charge is 2.26. The van der Waals surface area contributed by atoms with E-state index in [-0.39, 0.29) is 0 Å². The molecule has 0 bridgehead atoms. The highest BCUT2D eigenvalue weighted by atomic mass is 79.9. The van der Waals surface area contributed by atoms with E-state index in [1.807, 2.05) is 48.5 Å². The smallest absolute Gasteiger partial charge is 0.100 e. The van der Waals surface area contributed by atoms with Crippen molar-refractivity contribution in [1.29, 1.82) is 5.26 Å². The van der Waals surface area contributed by atoms with Crippen molar-refractivity contribution < 1.29 is 0 Å². The number of halogens is 1. The van der Waals surface area contributed by atoms with Gasteiger partial charge in [0.05, 0.1) is 5.56 Å². The predicted octanol–water partition coefficient (Wildman–Crippen LogP) is 6.57. The summed E-state index contributed by atoms with van der Waals surface area (Å²) in [7, 11) is 0. The molecule has 33 heavy (non-hydrogen) atoms. The summed E-state index contributed by atoms with van der Waals surface area (Å²) < 4.78 is 0.847. The molecular formula is C27H16BrN5. The molecule has 0 unspecified atom stereocenters. The first-order chi connectivity index (χ1) is 16.3. The van der Waals surface area contributed by atoms with Crippen molar-refractivity contribution in [3.63, 3.8) is 0 Å². The lowest BCUT2D eigenvalue weighted by Crippen LogP contribution is -2.00. The third kappa shape index (κ3) is 3.79. The van der Waals surface area contributed by atoms with Crippen LogP contribution in [-0.2, 0) is 0 Å². The van der Waals surface area contributed by atoms with Crippen LogP contribution in [0.15, 0.2) is 103 Å². The van der Waals surface area contributed by atoms with Gasteiger partial charge >= 0.3 is 0 Å². The molecule has 0 aliphatic rings. The molecule has 4 aromatic heterocycles. The van der Waals surface area contributed by atoms with Gasteiger partial charge in [0.2, 0.25) is 0 Å². The number of nitriles is 1. The molecule has 0 aliphatic heterocycles. The van der Waals surface area contributed by atoms with Crippen LogP contribution < -0.4 is 0 Å². The Hall–Kier alpha value is -4.21. The van der Waals surface area contributed by atoms with Gasteiger partial charge in [-0.05, 0) is 40.2 Å². The number of nitrogens with zero attached hydrogens (tertiary/aromatic N) is 5. The van der Waals surface area contributed by atoms with Crippen LogP contribution in [0.25, 0.3) is 44.5 Å². The van der Waals surface area contributed by atoms with Crippen molar-refractivity contribution in [2.24, 2.45) is 0 Å². The highest BCUT2D eigenvalue weighted by Crippen LogP contribution is 2.50. The number of benzene rings is 1. The average molecular weight is 490 g/mol. The number of aromatic nitrogens is 4. The van der Waals surface area contributed by atoms with Gasteiger partial charge in [0, 0.05) is 98.6 Å². The molecule has 6 heteroatoms. The summed E-state index contributed by atoms with van der Waals surface area (Å²) in [4.78, 5) is 17.3. The van der Waals surface area contributed by atoms with Crippen molar-refractivity contribution in [3.05, 3.63) is 108 Å². The van der Waals surface area contributed by atoms with Gasteiger partial charge in [0.1, 0.15) is 6.07 Å². The second-order valence-corrected chi connectivity index (χ2v) is 8.06. The number of rotatable bonds is 4. The SMILES string of the molecule is N#Cc1c(-c2cccnc2)c(-c2cccnc2)c(Br)c(-c2cccnc2)c1-c1cccnc1. The van der Waals surface area contributed by atoms with Gasteiger partial charge in [-0.15, -0.1) is 0 Å². The Bertz CT molecular complexity index is 1350. The molecule has 0 N–H and O–H groups in total. The van der Waals surface area contributed by atoms with Crippen LogP contribution in [0.4, 0.5) is 0 Å². The van der Waals surface area contributed by atoms with Crippen LogP contribution in [-0.4, -0.2) is 19.9 Å². The minimum Gasteiger partial charge on any atom is -0.264 e. The summed E-state index contributed by atoms with van der Waals surface area (Å²) in [6.07, 6.45) is 14.1. The molecule has 0 aliphatic carbocycles. The minimum absolute atomic E-state index is 0.539.